The van der Waals surface area contributed by atoms with Gasteiger partial charge in [-0.15, -0.1) is 0 Å². The van der Waals surface area contributed by atoms with Gasteiger partial charge < -0.3 is 10.6 Å². The molecule has 0 bridgehead atoms. The summed E-state index contributed by atoms with van der Waals surface area (Å²) in [5, 5.41) is 8.02. The number of nitrogens with one attached hydrogen (secondary N) is 2. The standard InChI is InChI=1S/C21H23N3O3S/c1-15-11-12-17(13-20(15)28(26,27)24(2)3)23-21(25)14-22-19-10-6-8-16-7-4-5-9-18(16)19/h4-13,22H,14H2,1-3H3,(H,23,25). The largest absolute Gasteiger partial charge is 0.376 e. The van der Waals surface area contributed by atoms with Crippen molar-refractivity contribution in [1.29, 1.82) is 0 Å². The van der Waals surface area contributed by atoms with Gasteiger partial charge in [0.2, 0.25) is 15.9 Å². The van der Waals surface area contributed by atoms with E-state index in [0.29, 0.717) is 11.3 Å². The van der Waals surface area contributed by atoms with Crippen LogP contribution in [-0.4, -0.2) is 39.3 Å². The first kappa shape index (κ1) is 19.9. The van der Waals surface area contributed by atoms with Crippen LogP contribution in [-0.2, 0) is 14.8 Å². The van der Waals surface area contributed by atoms with Crippen molar-refractivity contribution in [2.75, 3.05) is 31.3 Å². The fourth-order valence-corrected chi connectivity index (χ4v) is 4.06. The van der Waals surface area contributed by atoms with Crippen LogP contribution in [0.15, 0.2) is 65.6 Å². The highest BCUT2D eigenvalue weighted by molar-refractivity contribution is 7.89. The Morgan fingerprint density at radius 3 is 2.46 bits per heavy atom. The highest BCUT2D eigenvalue weighted by Crippen LogP contribution is 2.24. The molecule has 3 aromatic carbocycles. The van der Waals surface area contributed by atoms with Crippen LogP contribution in [0.2, 0.25) is 0 Å². The minimum Gasteiger partial charge on any atom is -0.376 e. The van der Waals surface area contributed by atoms with Crippen molar-refractivity contribution in [3.8, 4) is 0 Å². The predicted molar refractivity (Wildman–Crippen MR) is 113 cm³/mol. The van der Waals surface area contributed by atoms with E-state index in [1.165, 1.54) is 20.2 Å². The summed E-state index contributed by atoms with van der Waals surface area (Å²) in [5.74, 6) is -0.259. The van der Waals surface area contributed by atoms with E-state index in [0.717, 1.165) is 20.8 Å². The van der Waals surface area contributed by atoms with Gasteiger partial charge >= 0.3 is 0 Å². The van der Waals surface area contributed by atoms with E-state index in [1.54, 1.807) is 19.1 Å². The second-order valence-corrected chi connectivity index (χ2v) is 8.82. The maximum Gasteiger partial charge on any atom is 0.243 e. The molecule has 28 heavy (non-hydrogen) atoms. The molecule has 0 aromatic heterocycles. The zero-order valence-corrected chi connectivity index (χ0v) is 16.9. The summed E-state index contributed by atoms with van der Waals surface area (Å²) in [7, 11) is -0.618. The van der Waals surface area contributed by atoms with Crippen molar-refractivity contribution < 1.29 is 13.2 Å². The third-order valence-electron chi connectivity index (χ3n) is 4.46. The molecule has 0 atom stereocenters. The molecule has 0 unspecified atom stereocenters. The molecular formula is C21H23N3O3S. The molecule has 0 radical (unpaired) electrons. The van der Waals surface area contributed by atoms with Crippen LogP contribution in [0.5, 0.6) is 0 Å². The van der Waals surface area contributed by atoms with Crippen molar-refractivity contribution in [3.05, 3.63) is 66.2 Å². The Bertz CT molecular complexity index is 1120. The molecule has 6 nitrogen and oxygen atoms in total. The first-order valence-corrected chi connectivity index (χ1v) is 10.3. The van der Waals surface area contributed by atoms with Gasteiger partial charge in [0.15, 0.2) is 0 Å². The molecule has 146 valence electrons. The molecule has 0 saturated carbocycles. The number of hydrogen-bond acceptors (Lipinski definition) is 4. The molecule has 0 heterocycles. The van der Waals surface area contributed by atoms with Crippen LogP contribution in [0.25, 0.3) is 10.8 Å². The van der Waals surface area contributed by atoms with Crippen molar-refractivity contribution in [2.45, 2.75) is 11.8 Å². The van der Waals surface area contributed by atoms with Crippen LogP contribution in [0.4, 0.5) is 11.4 Å². The van der Waals surface area contributed by atoms with Crippen molar-refractivity contribution in [1.82, 2.24) is 4.31 Å². The first-order valence-electron chi connectivity index (χ1n) is 8.84. The zero-order chi connectivity index (χ0) is 20.3. The van der Waals surface area contributed by atoms with Crippen molar-refractivity contribution in [3.63, 3.8) is 0 Å². The molecule has 2 N–H and O–H groups in total. The average molecular weight is 398 g/mol. The lowest BCUT2D eigenvalue weighted by Gasteiger charge is -2.15. The summed E-state index contributed by atoms with van der Waals surface area (Å²) in [6, 6.07) is 18.7. The van der Waals surface area contributed by atoms with E-state index in [2.05, 4.69) is 10.6 Å². The third-order valence-corrected chi connectivity index (χ3v) is 6.42. The summed E-state index contributed by atoms with van der Waals surface area (Å²) >= 11 is 0. The molecule has 0 aliphatic carbocycles. The summed E-state index contributed by atoms with van der Waals surface area (Å²) < 4.78 is 26.0. The van der Waals surface area contributed by atoms with Gasteiger partial charge in [-0.25, -0.2) is 12.7 Å². The van der Waals surface area contributed by atoms with E-state index in [-0.39, 0.29) is 17.3 Å². The normalized spacial score (nSPS) is 11.6. The number of nitrogens with zero attached hydrogens (tertiary/aromatic N) is 1. The monoisotopic (exact) mass is 397 g/mol. The summed E-state index contributed by atoms with van der Waals surface area (Å²) in [5.41, 5.74) is 1.93. The van der Waals surface area contributed by atoms with Crippen molar-refractivity contribution >= 4 is 38.1 Å². The fraction of sp³-hybridized carbons (Fsp3) is 0.190. The predicted octanol–water partition coefficient (Wildman–Crippen LogP) is 3.45. The Morgan fingerprint density at radius 2 is 1.71 bits per heavy atom. The van der Waals surface area contributed by atoms with E-state index in [1.807, 2.05) is 42.5 Å². The third kappa shape index (κ3) is 4.16. The van der Waals surface area contributed by atoms with Crippen LogP contribution < -0.4 is 10.6 Å². The van der Waals surface area contributed by atoms with Crippen LogP contribution in [0.1, 0.15) is 5.56 Å². The van der Waals surface area contributed by atoms with E-state index >= 15 is 0 Å². The number of carbonyl (C=O) groups excluding carboxylic acids is 1. The van der Waals surface area contributed by atoms with Crippen molar-refractivity contribution in [2.24, 2.45) is 0 Å². The Hall–Kier alpha value is -2.90. The quantitative estimate of drug-likeness (QED) is 0.668. The Morgan fingerprint density at radius 1 is 1.00 bits per heavy atom. The maximum absolute atomic E-state index is 12.4. The number of carbonyl (C=O) groups is 1. The maximum atomic E-state index is 12.4. The topological polar surface area (TPSA) is 78.5 Å². The number of sulfonamides is 1. The zero-order valence-electron chi connectivity index (χ0n) is 16.1. The fourth-order valence-electron chi connectivity index (χ4n) is 2.91. The van der Waals surface area contributed by atoms with E-state index in [9.17, 15) is 13.2 Å². The van der Waals surface area contributed by atoms with Gasteiger partial charge in [-0.3, -0.25) is 4.79 Å². The lowest BCUT2D eigenvalue weighted by molar-refractivity contribution is -0.114. The molecule has 3 rings (SSSR count). The molecule has 0 spiro atoms. The second-order valence-electron chi connectivity index (χ2n) is 6.70. The van der Waals surface area contributed by atoms with Crippen LogP contribution >= 0.6 is 0 Å². The Kier molecular flexibility index (Phi) is 5.67. The molecule has 0 aliphatic rings. The summed E-state index contributed by atoms with van der Waals surface area (Å²) in [6.45, 7) is 1.79. The van der Waals surface area contributed by atoms with Gasteiger partial charge in [-0.05, 0) is 36.1 Å². The Balaban J connectivity index is 1.73. The molecule has 7 heteroatoms. The smallest absolute Gasteiger partial charge is 0.243 e. The van der Waals surface area contributed by atoms with Gasteiger partial charge in [0, 0.05) is 30.9 Å². The number of aryl methyl sites for hydroxylation is 1. The van der Waals surface area contributed by atoms with Gasteiger partial charge in [0.25, 0.3) is 0 Å². The number of hydrogen-bond donors (Lipinski definition) is 2. The SMILES string of the molecule is Cc1ccc(NC(=O)CNc2cccc3ccccc23)cc1S(=O)(=O)N(C)C. The lowest BCUT2D eigenvalue weighted by Crippen LogP contribution is -2.24. The van der Waals surface area contributed by atoms with Gasteiger partial charge in [0.05, 0.1) is 11.4 Å². The van der Waals surface area contributed by atoms with Gasteiger partial charge in [-0.1, -0.05) is 42.5 Å². The number of benzene rings is 3. The molecule has 0 aliphatic heterocycles. The highest BCUT2D eigenvalue weighted by Gasteiger charge is 2.20. The lowest BCUT2D eigenvalue weighted by atomic mass is 10.1. The number of amides is 1. The van der Waals surface area contributed by atoms with E-state index < -0.39 is 10.0 Å². The van der Waals surface area contributed by atoms with Gasteiger partial charge in [0.1, 0.15) is 0 Å². The minimum atomic E-state index is -3.58. The van der Waals surface area contributed by atoms with E-state index in [4.69, 9.17) is 0 Å². The molecular weight excluding hydrogens is 374 g/mol. The Labute approximate surface area is 165 Å². The second kappa shape index (κ2) is 8.00. The highest BCUT2D eigenvalue weighted by atomic mass is 32.2. The van der Waals surface area contributed by atoms with Crippen LogP contribution in [0, 0.1) is 6.92 Å². The number of fused-ring (bicyclic) bond motifs is 1. The number of anilines is 2. The molecule has 1 amide bonds. The average Bonchev–Trinajstić information content (AvgIpc) is 2.67. The number of rotatable bonds is 6. The van der Waals surface area contributed by atoms with Gasteiger partial charge in [-0.2, -0.15) is 0 Å². The molecule has 0 saturated heterocycles. The molecule has 0 fully saturated rings. The van der Waals surface area contributed by atoms with Crippen LogP contribution in [0.3, 0.4) is 0 Å². The minimum absolute atomic E-state index is 0.0671. The molecule has 3 aromatic rings. The summed E-state index contributed by atoms with van der Waals surface area (Å²) in [6.07, 6.45) is 0. The summed E-state index contributed by atoms with van der Waals surface area (Å²) in [4.78, 5) is 12.5. The first-order chi connectivity index (χ1) is 13.3.